The van der Waals surface area contributed by atoms with Crippen molar-refractivity contribution >= 4 is 17.3 Å². The predicted octanol–water partition coefficient (Wildman–Crippen LogP) is 1.79. The SMILES string of the molecule is COc1ccc(NC(=O)COCC(F)(F)F)c(N)c1. The van der Waals surface area contributed by atoms with Gasteiger partial charge in [-0.2, -0.15) is 13.2 Å². The summed E-state index contributed by atoms with van der Waals surface area (Å²) in [7, 11) is 1.46. The summed E-state index contributed by atoms with van der Waals surface area (Å²) in [5.74, 6) is -0.218. The van der Waals surface area contributed by atoms with E-state index in [0.717, 1.165) is 0 Å². The molecular weight excluding hydrogens is 265 g/mol. The molecule has 0 aromatic heterocycles. The largest absolute Gasteiger partial charge is 0.497 e. The van der Waals surface area contributed by atoms with E-state index >= 15 is 0 Å². The van der Waals surface area contributed by atoms with Crippen LogP contribution >= 0.6 is 0 Å². The Balaban J connectivity index is 2.48. The number of carbonyl (C=O) groups excluding carboxylic acids is 1. The quantitative estimate of drug-likeness (QED) is 0.805. The van der Waals surface area contributed by atoms with Gasteiger partial charge >= 0.3 is 6.18 Å². The van der Waals surface area contributed by atoms with Gasteiger partial charge in [0, 0.05) is 6.07 Å². The van der Waals surface area contributed by atoms with E-state index in [1.807, 2.05) is 0 Å². The highest BCUT2D eigenvalue weighted by atomic mass is 19.4. The molecule has 0 saturated heterocycles. The number of methoxy groups -OCH3 is 1. The minimum absolute atomic E-state index is 0.239. The van der Waals surface area contributed by atoms with Gasteiger partial charge in [0.15, 0.2) is 0 Å². The highest BCUT2D eigenvalue weighted by Crippen LogP contribution is 2.23. The lowest BCUT2D eigenvalue weighted by molar-refractivity contribution is -0.174. The zero-order valence-electron chi connectivity index (χ0n) is 10.1. The molecule has 106 valence electrons. The second kappa shape index (κ2) is 6.28. The second-order valence-corrected chi connectivity index (χ2v) is 3.61. The lowest BCUT2D eigenvalue weighted by Crippen LogP contribution is -2.24. The van der Waals surface area contributed by atoms with E-state index in [9.17, 15) is 18.0 Å². The Hall–Kier alpha value is -1.96. The number of halogens is 3. The van der Waals surface area contributed by atoms with Gasteiger partial charge in [0.2, 0.25) is 5.91 Å². The minimum Gasteiger partial charge on any atom is -0.497 e. The van der Waals surface area contributed by atoms with E-state index in [1.165, 1.54) is 19.2 Å². The average molecular weight is 278 g/mol. The standard InChI is InChI=1S/C11H13F3N2O3/c1-18-7-2-3-9(8(15)4-7)16-10(17)5-19-6-11(12,13)14/h2-4H,5-6,15H2,1H3,(H,16,17). The Labute approximate surface area is 107 Å². The van der Waals surface area contributed by atoms with Crippen molar-refractivity contribution in [1.29, 1.82) is 0 Å². The van der Waals surface area contributed by atoms with Crippen LogP contribution in [0, 0.1) is 0 Å². The van der Waals surface area contributed by atoms with Crippen molar-refractivity contribution < 1.29 is 27.4 Å². The fourth-order valence-electron chi connectivity index (χ4n) is 1.23. The predicted molar refractivity (Wildman–Crippen MR) is 62.9 cm³/mol. The Kier molecular flexibility index (Phi) is 4.99. The van der Waals surface area contributed by atoms with Crippen molar-refractivity contribution in [1.82, 2.24) is 0 Å². The summed E-state index contributed by atoms with van der Waals surface area (Å²) in [5.41, 5.74) is 6.15. The molecule has 0 aliphatic rings. The van der Waals surface area contributed by atoms with Crippen LogP contribution in [-0.4, -0.2) is 32.4 Å². The molecule has 0 bridgehead atoms. The number of nitrogens with one attached hydrogen (secondary N) is 1. The van der Waals surface area contributed by atoms with Gasteiger partial charge in [0.1, 0.15) is 19.0 Å². The van der Waals surface area contributed by atoms with E-state index in [2.05, 4.69) is 10.1 Å². The molecule has 0 heterocycles. The van der Waals surface area contributed by atoms with Gasteiger partial charge in [0.25, 0.3) is 0 Å². The molecule has 0 atom stereocenters. The molecule has 1 rings (SSSR count). The van der Waals surface area contributed by atoms with E-state index in [1.54, 1.807) is 6.07 Å². The molecule has 0 aliphatic heterocycles. The van der Waals surface area contributed by atoms with Gasteiger partial charge in [-0.3, -0.25) is 4.79 Å². The minimum atomic E-state index is -4.46. The van der Waals surface area contributed by atoms with Crippen molar-refractivity contribution in [2.45, 2.75) is 6.18 Å². The third-order valence-electron chi connectivity index (χ3n) is 2.03. The van der Waals surface area contributed by atoms with Crippen molar-refractivity contribution in [2.75, 3.05) is 31.4 Å². The lowest BCUT2D eigenvalue weighted by Gasteiger charge is -2.10. The molecule has 0 aliphatic carbocycles. The van der Waals surface area contributed by atoms with Crippen LogP contribution in [0.25, 0.3) is 0 Å². The normalized spacial score (nSPS) is 11.2. The Morgan fingerprint density at radius 2 is 2.11 bits per heavy atom. The fraction of sp³-hybridized carbons (Fsp3) is 0.364. The number of hydrogen-bond acceptors (Lipinski definition) is 4. The summed E-state index contributed by atoms with van der Waals surface area (Å²) in [5, 5.41) is 2.34. The van der Waals surface area contributed by atoms with Crippen LogP contribution in [0.15, 0.2) is 18.2 Å². The van der Waals surface area contributed by atoms with Crippen LogP contribution in [0.5, 0.6) is 5.75 Å². The lowest BCUT2D eigenvalue weighted by atomic mass is 10.2. The summed E-state index contributed by atoms with van der Waals surface area (Å²) in [4.78, 5) is 11.3. The highest BCUT2D eigenvalue weighted by molar-refractivity contribution is 5.94. The zero-order valence-corrected chi connectivity index (χ0v) is 10.1. The smallest absolute Gasteiger partial charge is 0.411 e. The molecule has 8 heteroatoms. The number of nitrogens with two attached hydrogens (primary N) is 1. The van der Waals surface area contributed by atoms with E-state index < -0.39 is 25.3 Å². The first-order valence-electron chi connectivity index (χ1n) is 5.19. The molecule has 0 spiro atoms. The first-order chi connectivity index (χ1) is 8.81. The Morgan fingerprint density at radius 1 is 1.42 bits per heavy atom. The van der Waals surface area contributed by atoms with Crippen LogP contribution in [0.3, 0.4) is 0 Å². The number of amides is 1. The van der Waals surface area contributed by atoms with Gasteiger partial charge < -0.3 is 20.5 Å². The van der Waals surface area contributed by atoms with Crippen LogP contribution in [0.4, 0.5) is 24.5 Å². The monoisotopic (exact) mass is 278 g/mol. The molecule has 0 unspecified atom stereocenters. The maximum absolute atomic E-state index is 11.8. The number of anilines is 2. The fourth-order valence-corrected chi connectivity index (χ4v) is 1.23. The number of ether oxygens (including phenoxy) is 2. The molecule has 1 aromatic rings. The van der Waals surface area contributed by atoms with Crippen LogP contribution in [0.2, 0.25) is 0 Å². The molecular formula is C11H13F3N2O3. The van der Waals surface area contributed by atoms with Crippen LogP contribution < -0.4 is 15.8 Å². The maximum Gasteiger partial charge on any atom is 0.411 e. The third kappa shape index (κ3) is 5.47. The second-order valence-electron chi connectivity index (χ2n) is 3.61. The molecule has 5 nitrogen and oxygen atoms in total. The number of benzene rings is 1. The third-order valence-corrected chi connectivity index (χ3v) is 2.03. The van der Waals surface area contributed by atoms with E-state index in [0.29, 0.717) is 5.75 Å². The topological polar surface area (TPSA) is 73.6 Å². The number of rotatable bonds is 5. The van der Waals surface area contributed by atoms with Crippen LogP contribution in [-0.2, 0) is 9.53 Å². The van der Waals surface area contributed by atoms with Gasteiger partial charge in [0.05, 0.1) is 18.5 Å². The van der Waals surface area contributed by atoms with Crippen molar-refractivity contribution in [3.05, 3.63) is 18.2 Å². The first-order valence-corrected chi connectivity index (χ1v) is 5.19. The zero-order chi connectivity index (χ0) is 14.5. The summed E-state index contributed by atoms with van der Waals surface area (Å²) in [6, 6.07) is 4.52. The Morgan fingerprint density at radius 3 is 2.63 bits per heavy atom. The van der Waals surface area contributed by atoms with Crippen molar-refractivity contribution in [3.8, 4) is 5.75 Å². The summed E-state index contributed by atoms with van der Waals surface area (Å²) >= 11 is 0. The molecule has 1 amide bonds. The first kappa shape index (κ1) is 15.1. The van der Waals surface area contributed by atoms with Gasteiger partial charge in [-0.25, -0.2) is 0 Å². The number of nitrogen functional groups attached to an aromatic ring is 1. The summed E-state index contributed by atoms with van der Waals surface area (Å²) in [6.07, 6.45) is -4.46. The van der Waals surface area contributed by atoms with Crippen LogP contribution in [0.1, 0.15) is 0 Å². The van der Waals surface area contributed by atoms with Gasteiger partial charge in [-0.05, 0) is 12.1 Å². The molecule has 1 aromatic carbocycles. The molecule has 0 radical (unpaired) electrons. The van der Waals surface area contributed by atoms with Crippen molar-refractivity contribution in [2.24, 2.45) is 0 Å². The number of alkyl halides is 3. The number of carbonyl (C=O) groups is 1. The molecule has 0 saturated carbocycles. The highest BCUT2D eigenvalue weighted by Gasteiger charge is 2.27. The van der Waals surface area contributed by atoms with Gasteiger partial charge in [-0.1, -0.05) is 0 Å². The van der Waals surface area contributed by atoms with E-state index in [-0.39, 0.29) is 11.4 Å². The Bertz CT molecular complexity index is 449. The molecule has 0 fully saturated rings. The van der Waals surface area contributed by atoms with Crippen molar-refractivity contribution in [3.63, 3.8) is 0 Å². The van der Waals surface area contributed by atoms with Gasteiger partial charge in [-0.15, -0.1) is 0 Å². The molecule has 3 N–H and O–H groups in total. The number of hydrogen-bond donors (Lipinski definition) is 2. The maximum atomic E-state index is 11.8. The summed E-state index contributed by atoms with van der Waals surface area (Å²) < 4.78 is 44.5. The van der Waals surface area contributed by atoms with E-state index in [4.69, 9.17) is 10.5 Å². The summed E-state index contributed by atoms with van der Waals surface area (Å²) in [6.45, 7) is -2.18. The average Bonchev–Trinajstić information content (AvgIpc) is 2.30. The molecule has 19 heavy (non-hydrogen) atoms.